The molecular weight excluding hydrogens is 256 g/mol. The van der Waals surface area contributed by atoms with E-state index in [9.17, 15) is 0 Å². The van der Waals surface area contributed by atoms with E-state index in [4.69, 9.17) is 0 Å². The summed E-state index contributed by atoms with van der Waals surface area (Å²) in [6.45, 7) is 3.30. The van der Waals surface area contributed by atoms with Crippen molar-refractivity contribution in [1.29, 1.82) is 0 Å². The van der Waals surface area contributed by atoms with Gasteiger partial charge in [0.2, 0.25) is 0 Å². The van der Waals surface area contributed by atoms with Gasteiger partial charge in [0, 0.05) is 19.6 Å². The fourth-order valence-electron chi connectivity index (χ4n) is 3.45. The smallest absolute Gasteiger partial charge is 0.0595 e. The van der Waals surface area contributed by atoms with Crippen LogP contribution in [0.5, 0.6) is 0 Å². The first kappa shape index (κ1) is 14.3. The van der Waals surface area contributed by atoms with Gasteiger partial charge in [0.25, 0.3) is 0 Å². The Bertz CT molecular complexity index is 565. The minimum Gasteiger partial charge on any atom is -0.299 e. The van der Waals surface area contributed by atoms with Gasteiger partial charge in [-0.1, -0.05) is 60.7 Å². The molecule has 1 saturated heterocycles. The highest BCUT2D eigenvalue weighted by molar-refractivity contribution is 5.27. The Morgan fingerprint density at radius 1 is 0.952 bits per heavy atom. The van der Waals surface area contributed by atoms with E-state index in [2.05, 4.69) is 84.6 Å². The molecule has 2 aromatic rings. The van der Waals surface area contributed by atoms with Crippen LogP contribution < -0.4 is 0 Å². The molecule has 0 saturated carbocycles. The molecule has 0 bridgehead atoms. The van der Waals surface area contributed by atoms with Crippen molar-refractivity contribution < 1.29 is 0 Å². The molecular formula is C19H24N2. The van der Waals surface area contributed by atoms with Crippen LogP contribution in [-0.2, 0) is 12.1 Å². The topological polar surface area (TPSA) is 6.48 Å². The average Bonchev–Trinajstić information content (AvgIpc) is 2.94. The van der Waals surface area contributed by atoms with E-state index in [0.29, 0.717) is 0 Å². The molecule has 0 amide bonds. The maximum Gasteiger partial charge on any atom is 0.0595 e. The number of nitrogens with zero attached hydrogens (tertiary/aromatic N) is 2. The molecule has 0 radical (unpaired) electrons. The van der Waals surface area contributed by atoms with Crippen molar-refractivity contribution in [2.45, 2.75) is 18.5 Å². The van der Waals surface area contributed by atoms with E-state index in [1.54, 1.807) is 0 Å². The van der Waals surface area contributed by atoms with Crippen LogP contribution in [0, 0.1) is 0 Å². The lowest BCUT2D eigenvalue weighted by atomic mass is 9.88. The van der Waals surface area contributed by atoms with Crippen molar-refractivity contribution >= 4 is 0 Å². The van der Waals surface area contributed by atoms with Gasteiger partial charge >= 0.3 is 0 Å². The van der Waals surface area contributed by atoms with E-state index in [-0.39, 0.29) is 5.54 Å². The molecule has 2 aromatic carbocycles. The van der Waals surface area contributed by atoms with Gasteiger partial charge < -0.3 is 0 Å². The fourth-order valence-corrected chi connectivity index (χ4v) is 3.45. The summed E-state index contributed by atoms with van der Waals surface area (Å²) >= 11 is 0. The van der Waals surface area contributed by atoms with Gasteiger partial charge in [-0.3, -0.25) is 9.80 Å². The standard InChI is InChI=1S/C19H24N2/c1-20(2)19(18-11-7-4-8-12-18)13-14-21(16-19)15-17-9-5-3-6-10-17/h3-12H,13-16H2,1-2H3. The maximum atomic E-state index is 2.57. The fraction of sp³-hybridized carbons (Fsp3) is 0.368. The number of hydrogen-bond acceptors (Lipinski definition) is 2. The Morgan fingerprint density at radius 3 is 2.19 bits per heavy atom. The average molecular weight is 280 g/mol. The van der Waals surface area contributed by atoms with Crippen molar-refractivity contribution in [2.24, 2.45) is 0 Å². The Kier molecular flexibility index (Phi) is 4.09. The maximum absolute atomic E-state index is 2.57. The molecule has 21 heavy (non-hydrogen) atoms. The molecule has 3 rings (SSSR count). The molecule has 1 aliphatic rings. The van der Waals surface area contributed by atoms with Crippen LogP contribution in [0.4, 0.5) is 0 Å². The highest BCUT2D eigenvalue weighted by Crippen LogP contribution is 2.36. The first-order valence-corrected chi connectivity index (χ1v) is 7.70. The zero-order valence-corrected chi connectivity index (χ0v) is 13.0. The van der Waals surface area contributed by atoms with E-state index in [1.165, 1.54) is 17.5 Å². The van der Waals surface area contributed by atoms with Crippen LogP contribution in [0.2, 0.25) is 0 Å². The summed E-state index contributed by atoms with van der Waals surface area (Å²) in [5.41, 5.74) is 2.99. The SMILES string of the molecule is CN(C)C1(c2ccccc2)CCN(Cc2ccccc2)C1. The summed E-state index contributed by atoms with van der Waals surface area (Å²) in [5.74, 6) is 0. The van der Waals surface area contributed by atoms with Crippen molar-refractivity contribution in [3.63, 3.8) is 0 Å². The molecule has 1 unspecified atom stereocenters. The number of benzene rings is 2. The van der Waals surface area contributed by atoms with Crippen LogP contribution in [0.25, 0.3) is 0 Å². The van der Waals surface area contributed by atoms with Gasteiger partial charge in [-0.2, -0.15) is 0 Å². The van der Waals surface area contributed by atoms with Crippen molar-refractivity contribution in [2.75, 3.05) is 27.2 Å². The monoisotopic (exact) mass is 280 g/mol. The predicted octanol–water partition coefficient (Wildman–Crippen LogP) is 3.35. The van der Waals surface area contributed by atoms with Crippen molar-refractivity contribution in [3.05, 3.63) is 71.8 Å². The molecule has 1 atom stereocenters. The second-order valence-corrected chi connectivity index (χ2v) is 6.24. The highest BCUT2D eigenvalue weighted by Gasteiger charge is 2.41. The largest absolute Gasteiger partial charge is 0.299 e. The first-order valence-electron chi connectivity index (χ1n) is 7.70. The summed E-state index contributed by atoms with van der Waals surface area (Å²) in [4.78, 5) is 4.97. The lowest BCUT2D eigenvalue weighted by molar-refractivity contribution is 0.151. The van der Waals surface area contributed by atoms with Gasteiger partial charge in [0.15, 0.2) is 0 Å². The van der Waals surface area contributed by atoms with Crippen LogP contribution in [0.1, 0.15) is 17.5 Å². The third-order valence-electron chi connectivity index (χ3n) is 4.74. The van der Waals surface area contributed by atoms with E-state index in [0.717, 1.165) is 19.6 Å². The molecule has 1 heterocycles. The molecule has 0 spiro atoms. The molecule has 2 heteroatoms. The van der Waals surface area contributed by atoms with E-state index >= 15 is 0 Å². The second-order valence-electron chi connectivity index (χ2n) is 6.24. The molecule has 1 aliphatic heterocycles. The molecule has 110 valence electrons. The summed E-state index contributed by atoms with van der Waals surface area (Å²) in [7, 11) is 4.41. The van der Waals surface area contributed by atoms with Gasteiger partial charge in [0.05, 0.1) is 5.54 Å². The number of likely N-dealkylation sites (tertiary alicyclic amines) is 1. The first-order chi connectivity index (χ1) is 10.2. The molecule has 2 nitrogen and oxygen atoms in total. The lowest BCUT2D eigenvalue weighted by Gasteiger charge is -2.37. The summed E-state index contributed by atoms with van der Waals surface area (Å²) in [6.07, 6.45) is 1.19. The third kappa shape index (κ3) is 2.87. The van der Waals surface area contributed by atoms with E-state index in [1.807, 2.05) is 0 Å². The molecule has 0 aromatic heterocycles. The summed E-state index contributed by atoms with van der Waals surface area (Å²) in [6, 6.07) is 21.7. The second kappa shape index (κ2) is 6.00. The van der Waals surface area contributed by atoms with Gasteiger partial charge in [-0.25, -0.2) is 0 Å². The molecule has 1 fully saturated rings. The Morgan fingerprint density at radius 2 is 1.57 bits per heavy atom. The summed E-state index contributed by atoms with van der Waals surface area (Å²) < 4.78 is 0. The van der Waals surface area contributed by atoms with Crippen molar-refractivity contribution in [3.8, 4) is 0 Å². The quantitative estimate of drug-likeness (QED) is 0.847. The van der Waals surface area contributed by atoms with E-state index < -0.39 is 0 Å². The predicted molar refractivity (Wildman–Crippen MR) is 88.1 cm³/mol. The molecule has 0 aliphatic carbocycles. The lowest BCUT2D eigenvalue weighted by Crippen LogP contribution is -2.43. The normalized spacial score (nSPS) is 22.8. The van der Waals surface area contributed by atoms with Crippen LogP contribution in [-0.4, -0.2) is 37.0 Å². The summed E-state index contributed by atoms with van der Waals surface area (Å²) in [5, 5.41) is 0. The Hall–Kier alpha value is -1.64. The van der Waals surface area contributed by atoms with Gasteiger partial charge in [0.1, 0.15) is 0 Å². The van der Waals surface area contributed by atoms with Gasteiger partial charge in [-0.15, -0.1) is 0 Å². The number of rotatable bonds is 4. The Balaban J connectivity index is 1.79. The number of hydrogen-bond donors (Lipinski definition) is 0. The highest BCUT2D eigenvalue weighted by atomic mass is 15.3. The van der Waals surface area contributed by atoms with Crippen LogP contribution >= 0.6 is 0 Å². The minimum absolute atomic E-state index is 0.149. The van der Waals surface area contributed by atoms with Crippen molar-refractivity contribution in [1.82, 2.24) is 9.80 Å². The van der Waals surface area contributed by atoms with Crippen LogP contribution in [0.15, 0.2) is 60.7 Å². The zero-order valence-electron chi connectivity index (χ0n) is 13.0. The number of likely N-dealkylation sites (N-methyl/N-ethyl adjacent to an activating group) is 1. The van der Waals surface area contributed by atoms with Gasteiger partial charge in [-0.05, 0) is 31.6 Å². The zero-order chi connectivity index (χ0) is 14.7. The third-order valence-corrected chi connectivity index (χ3v) is 4.74. The molecule has 0 N–H and O–H groups in total. The Labute approximate surface area is 128 Å². The minimum atomic E-state index is 0.149. The van der Waals surface area contributed by atoms with Crippen LogP contribution in [0.3, 0.4) is 0 Å².